The summed E-state index contributed by atoms with van der Waals surface area (Å²) >= 11 is 4.13. The van der Waals surface area contributed by atoms with Gasteiger partial charge in [0.1, 0.15) is 5.60 Å². The number of amides is 1. The van der Waals surface area contributed by atoms with Crippen LogP contribution >= 0.6 is 23.5 Å². The van der Waals surface area contributed by atoms with E-state index in [9.17, 15) is 4.79 Å². The van der Waals surface area contributed by atoms with Crippen LogP contribution in [0, 0.1) is 11.8 Å². The largest absolute Gasteiger partial charge is 0.444 e. The maximum absolute atomic E-state index is 11.9. The van der Waals surface area contributed by atoms with Crippen LogP contribution in [0.1, 0.15) is 81.6 Å². The van der Waals surface area contributed by atoms with Crippen molar-refractivity contribution in [2.24, 2.45) is 11.8 Å². The first-order valence-electron chi connectivity index (χ1n) is 11.5. The Kier molecular flexibility index (Phi) is 15.6. The quantitative estimate of drug-likeness (QED) is 0.485. The van der Waals surface area contributed by atoms with Crippen molar-refractivity contribution in [1.82, 2.24) is 10.2 Å². The number of piperidine rings is 2. The molecule has 0 spiro atoms. The summed E-state index contributed by atoms with van der Waals surface area (Å²) in [7, 11) is 0. The minimum atomic E-state index is -0.387. The van der Waals surface area contributed by atoms with E-state index in [-0.39, 0.29) is 19.1 Å². The molecule has 2 heterocycles. The van der Waals surface area contributed by atoms with Gasteiger partial charge in [0, 0.05) is 13.1 Å². The fraction of sp³-hybridized carbons (Fsp3) is 0.958. The van der Waals surface area contributed by atoms with E-state index in [1.807, 2.05) is 37.4 Å². The number of ether oxygens (including phenoxy) is 1. The lowest BCUT2D eigenvalue weighted by molar-refractivity contribution is 0.0191. The minimum absolute atomic E-state index is 0. The van der Waals surface area contributed by atoms with Gasteiger partial charge in [-0.15, -0.1) is 0 Å². The predicted molar refractivity (Wildman–Crippen MR) is 138 cm³/mol. The molecule has 2 aliphatic rings. The molecule has 1 N–H and O–H groups in total. The number of thioether (sulfide) groups is 2. The molecule has 4 nitrogen and oxygen atoms in total. The second kappa shape index (κ2) is 15.7. The van der Waals surface area contributed by atoms with E-state index in [1.165, 1.54) is 37.4 Å². The molecule has 0 aromatic rings. The van der Waals surface area contributed by atoms with Crippen molar-refractivity contribution in [2.75, 3.05) is 37.7 Å². The van der Waals surface area contributed by atoms with E-state index in [0.29, 0.717) is 5.25 Å². The highest BCUT2D eigenvalue weighted by molar-refractivity contribution is 8.00. The number of hydrogen-bond acceptors (Lipinski definition) is 5. The van der Waals surface area contributed by atoms with Gasteiger partial charge in [0.25, 0.3) is 0 Å². The Morgan fingerprint density at radius 3 is 1.77 bits per heavy atom. The lowest BCUT2D eigenvalue weighted by Gasteiger charge is -2.33. The van der Waals surface area contributed by atoms with E-state index < -0.39 is 0 Å². The zero-order valence-corrected chi connectivity index (χ0v) is 21.6. The molecule has 0 saturated carbocycles. The van der Waals surface area contributed by atoms with Crippen molar-refractivity contribution >= 4 is 29.6 Å². The van der Waals surface area contributed by atoms with Crippen LogP contribution in [0.25, 0.3) is 0 Å². The van der Waals surface area contributed by atoms with Crippen molar-refractivity contribution in [3.63, 3.8) is 0 Å². The van der Waals surface area contributed by atoms with Crippen LogP contribution in [-0.2, 0) is 4.74 Å². The van der Waals surface area contributed by atoms with E-state index >= 15 is 0 Å². The maximum atomic E-state index is 11.9. The molecule has 0 aliphatic carbocycles. The Bertz CT molecular complexity index is 439. The van der Waals surface area contributed by atoms with Crippen molar-refractivity contribution in [2.45, 2.75) is 97.7 Å². The lowest BCUT2D eigenvalue weighted by atomic mass is 9.99. The molecule has 6 heteroatoms. The molecule has 0 bridgehead atoms. The van der Waals surface area contributed by atoms with E-state index in [1.54, 1.807) is 0 Å². The monoisotopic (exact) mass is 462 g/mol. The molecule has 0 atom stereocenters. The number of carbonyl (C=O) groups is 1. The Morgan fingerprint density at radius 2 is 1.37 bits per heavy atom. The Morgan fingerprint density at radius 1 is 0.933 bits per heavy atom. The maximum Gasteiger partial charge on any atom is 0.410 e. The molecule has 2 fully saturated rings. The number of nitrogens with one attached hydrogen (secondary N) is 1. The van der Waals surface area contributed by atoms with Gasteiger partial charge in [-0.1, -0.05) is 35.1 Å². The topological polar surface area (TPSA) is 41.6 Å². The summed E-state index contributed by atoms with van der Waals surface area (Å²) in [6.45, 7) is 19.0. The molecule has 0 unspecified atom stereocenters. The lowest BCUT2D eigenvalue weighted by Crippen LogP contribution is -2.42. The third-order valence-corrected chi connectivity index (χ3v) is 7.72. The van der Waals surface area contributed by atoms with Crippen LogP contribution in [0.2, 0.25) is 0 Å². The van der Waals surface area contributed by atoms with Gasteiger partial charge < -0.3 is 15.0 Å². The van der Waals surface area contributed by atoms with Crippen LogP contribution in [0.5, 0.6) is 0 Å². The van der Waals surface area contributed by atoms with Gasteiger partial charge in [-0.05, 0) is 93.4 Å². The highest BCUT2D eigenvalue weighted by Gasteiger charge is 2.26. The number of carbonyl (C=O) groups excluding carboxylic acids is 1. The molecular formula is C24H50N2O2S2. The molecule has 2 rings (SSSR count). The van der Waals surface area contributed by atoms with Crippen molar-refractivity contribution < 1.29 is 9.53 Å². The number of rotatable bonds is 6. The van der Waals surface area contributed by atoms with E-state index in [0.717, 1.165) is 43.0 Å². The van der Waals surface area contributed by atoms with Gasteiger partial charge >= 0.3 is 6.09 Å². The summed E-state index contributed by atoms with van der Waals surface area (Å²) in [4.78, 5) is 13.7. The molecule has 30 heavy (non-hydrogen) atoms. The second-order valence-electron chi connectivity index (χ2n) is 9.87. The van der Waals surface area contributed by atoms with E-state index in [4.69, 9.17) is 4.74 Å². The van der Waals surface area contributed by atoms with Gasteiger partial charge in [0.15, 0.2) is 0 Å². The van der Waals surface area contributed by atoms with E-state index in [2.05, 4.69) is 44.8 Å². The first-order valence-corrected chi connectivity index (χ1v) is 13.6. The van der Waals surface area contributed by atoms with Gasteiger partial charge in [-0.3, -0.25) is 0 Å². The number of nitrogens with zero attached hydrogens (tertiary/aromatic N) is 1. The Labute approximate surface area is 196 Å². The number of hydrogen-bond donors (Lipinski definition) is 1. The van der Waals surface area contributed by atoms with Gasteiger partial charge in [0.2, 0.25) is 0 Å². The first kappa shape index (κ1) is 29.9. The summed E-state index contributed by atoms with van der Waals surface area (Å²) in [6.07, 6.45) is 4.84. The first-order chi connectivity index (χ1) is 13.6. The molecule has 1 amide bonds. The third-order valence-electron chi connectivity index (χ3n) is 5.06. The molecule has 2 saturated heterocycles. The minimum Gasteiger partial charge on any atom is -0.444 e. The summed E-state index contributed by atoms with van der Waals surface area (Å²) < 4.78 is 5.39. The average Bonchev–Trinajstić information content (AvgIpc) is 2.65. The van der Waals surface area contributed by atoms with Crippen LogP contribution in [0.3, 0.4) is 0 Å². The predicted octanol–water partition coefficient (Wildman–Crippen LogP) is 6.54. The molecule has 2 aliphatic heterocycles. The van der Waals surface area contributed by atoms with Crippen LogP contribution in [0.15, 0.2) is 0 Å². The Hall–Kier alpha value is -0.0700. The Balaban J connectivity index is 0.000000603. The molecule has 180 valence electrons. The zero-order valence-electron chi connectivity index (χ0n) is 20.0. The van der Waals surface area contributed by atoms with Crippen molar-refractivity contribution in [1.29, 1.82) is 0 Å². The SMILES string of the molecule is C.CC(C)SCC1CCN(C(=O)OC(C)(C)C)CC1.CC(C)SCC1CCNCC1. The van der Waals surface area contributed by atoms with Crippen molar-refractivity contribution in [3.8, 4) is 0 Å². The molecule has 0 radical (unpaired) electrons. The van der Waals surface area contributed by atoms with Crippen LogP contribution in [0.4, 0.5) is 4.79 Å². The summed E-state index contributed by atoms with van der Waals surface area (Å²) in [5, 5.41) is 4.91. The second-order valence-corrected chi connectivity index (χ2v) is 13.1. The van der Waals surface area contributed by atoms with Gasteiger partial charge in [-0.25, -0.2) is 4.79 Å². The third kappa shape index (κ3) is 14.9. The highest BCUT2D eigenvalue weighted by atomic mass is 32.2. The van der Waals surface area contributed by atoms with Crippen LogP contribution in [-0.4, -0.2) is 64.8 Å². The van der Waals surface area contributed by atoms with Gasteiger partial charge in [0.05, 0.1) is 0 Å². The summed E-state index contributed by atoms with van der Waals surface area (Å²) in [5.41, 5.74) is -0.387. The average molecular weight is 463 g/mol. The fourth-order valence-corrected chi connectivity index (χ4v) is 5.29. The normalized spacial score (nSPS) is 18.6. The smallest absolute Gasteiger partial charge is 0.410 e. The fourth-order valence-electron chi connectivity index (χ4n) is 3.31. The van der Waals surface area contributed by atoms with Crippen molar-refractivity contribution in [3.05, 3.63) is 0 Å². The molecule has 0 aromatic carbocycles. The molecule has 0 aromatic heterocycles. The summed E-state index contributed by atoms with van der Waals surface area (Å²) in [6, 6.07) is 0. The molecular weight excluding hydrogens is 412 g/mol. The summed E-state index contributed by atoms with van der Waals surface area (Å²) in [5.74, 6) is 4.35. The highest BCUT2D eigenvalue weighted by Crippen LogP contribution is 2.24. The zero-order chi connectivity index (χ0) is 21.9. The standard InChI is InChI=1S/C14H27NO2S.C9H19NS.CH4/c1-11(2)18-10-12-6-8-15(9-7-12)13(16)17-14(3,4)5;1-8(2)11-7-9-3-5-10-6-4-9;/h11-12H,6-10H2,1-5H3;8-10H,3-7H2,1-2H3;1H4. The van der Waals surface area contributed by atoms with Gasteiger partial charge in [-0.2, -0.15) is 23.5 Å². The number of likely N-dealkylation sites (tertiary alicyclic amines) is 1. The van der Waals surface area contributed by atoms with Crippen LogP contribution < -0.4 is 5.32 Å².